The molecule has 0 amide bonds. The fraction of sp³-hybridized carbons (Fsp3) is 0.125. The summed E-state index contributed by atoms with van der Waals surface area (Å²) in [4.78, 5) is 0. The van der Waals surface area contributed by atoms with E-state index in [0.717, 1.165) is 0 Å². The Balaban J connectivity index is 2.63. The highest BCUT2D eigenvalue weighted by molar-refractivity contribution is 7.07. The molecule has 1 aromatic rings. The summed E-state index contributed by atoms with van der Waals surface area (Å²) in [5, 5.41) is 2.16. The van der Waals surface area contributed by atoms with Crippen molar-refractivity contribution in [2.45, 2.75) is 6.92 Å². The van der Waals surface area contributed by atoms with Crippen LogP contribution in [0.25, 0.3) is 11.8 Å². The van der Waals surface area contributed by atoms with Gasteiger partial charge in [-0.2, -0.15) is 4.57 Å². The molecule has 0 spiro atoms. The van der Waals surface area contributed by atoms with Crippen LogP contribution in [0.15, 0.2) is 23.0 Å². The van der Waals surface area contributed by atoms with Crippen LogP contribution in [0, 0.1) is 0 Å². The second kappa shape index (κ2) is 2.06. The van der Waals surface area contributed by atoms with Crippen LogP contribution in [0.3, 0.4) is 0 Å². The topological polar surface area (TPSA) is 3.88 Å². The summed E-state index contributed by atoms with van der Waals surface area (Å²) in [5.74, 6) is 0. The van der Waals surface area contributed by atoms with Crippen molar-refractivity contribution in [1.82, 2.24) is 0 Å². The fourth-order valence-corrected chi connectivity index (χ4v) is 1.86. The molecule has 2 rings (SSSR count). The smallest absolute Gasteiger partial charge is 0.156 e. The molecule has 1 nitrogen and oxygen atoms in total. The minimum Gasteiger partial charge on any atom is -0.156 e. The number of hydrogen-bond acceptors (Lipinski definition) is 1. The van der Waals surface area contributed by atoms with Gasteiger partial charge in [-0.05, 0) is 6.92 Å². The summed E-state index contributed by atoms with van der Waals surface area (Å²) >= 11 is 1.73. The van der Waals surface area contributed by atoms with Crippen molar-refractivity contribution < 1.29 is 4.57 Å². The number of fused-ring (bicyclic) bond motifs is 1. The number of hydrogen-bond donors (Lipinski definition) is 0. The van der Waals surface area contributed by atoms with Crippen LogP contribution < -0.4 is 4.57 Å². The normalized spacial score (nSPS) is 18.3. The third-order valence-electron chi connectivity index (χ3n) is 1.65. The Bertz CT molecular complexity index is 307. The van der Waals surface area contributed by atoms with Crippen molar-refractivity contribution in [2.24, 2.45) is 0 Å². The lowest BCUT2D eigenvalue weighted by Crippen LogP contribution is -2.22. The number of thiazole rings is 1. The molecule has 0 aliphatic carbocycles. The summed E-state index contributed by atoms with van der Waals surface area (Å²) in [6.45, 7) is 2.06. The average molecular weight is 150 g/mol. The van der Waals surface area contributed by atoms with E-state index in [2.05, 4.69) is 40.7 Å². The first-order chi connectivity index (χ1) is 4.92. The van der Waals surface area contributed by atoms with E-state index in [4.69, 9.17) is 0 Å². The second-order valence-electron chi connectivity index (χ2n) is 2.21. The Kier molecular flexibility index (Phi) is 1.21. The van der Waals surface area contributed by atoms with Crippen molar-refractivity contribution in [2.75, 3.05) is 0 Å². The molecular formula is C8H8NS+. The van der Waals surface area contributed by atoms with Gasteiger partial charge in [-0.3, -0.25) is 0 Å². The van der Waals surface area contributed by atoms with Gasteiger partial charge in [-0.1, -0.05) is 17.4 Å². The minimum atomic E-state index is 1.31. The van der Waals surface area contributed by atoms with Gasteiger partial charge in [0.25, 0.3) is 0 Å². The zero-order valence-corrected chi connectivity index (χ0v) is 6.56. The first-order valence-electron chi connectivity index (χ1n) is 3.24. The molecule has 0 radical (unpaired) electrons. The van der Waals surface area contributed by atoms with Gasteiger partial charge in [0.2, 0.25) is 11.2 Å². The SMILES string of the molecule is C/C=C1/C=C[n+]2cscc21. The Morgan fingerprint density at radius 1 is 1.60 bits per heavy atom. The van der Waals surface area contributed by atoms with E-state index in [0.29, 0.717) is 0 Å². The molecule has 0 aromatic carbocycles. The molecule has 0 fully saturated rings. The van der Waals surface area contributed by atoms with Crippen LogP contribution in [-0.2, 0) is 0 Å². The third-order valence-corrected chi connectivity index (χ3v) is 2.36. The molecule has 1 aliphatic rings. The molecule has 2 heterocycles. The van der Waals surface area contributed by atoms with Crippen molar-refractivity contribution >= 4 is 23.1 Å². The van der Waals surface area contributed by atoms with Crippen LogP contribution in [0.5, 0.6) is 0 Å². The number of nitrogens with zero attached hydrogens (tertiary/aromatic N) is 1. The van der Waals surface area contributed by atoms with E-state index in [9.17, 15) is 0 Å². The molecule has 1 aromatic heterocycles. The summed E-state index contributed by atoms with van der Waals surface area (Å²) < 4.78 is 2.14. The van der Waals surface area contributed by atoms with Crippen LogP contribution in [-0.4, -0.2) is 0 Å². The van der Waals surface area contributed by atoms with Gasteiger partial charge in [0.1, 0.15) is 0 Å². The van der Waals surface area contributed by atoms with E-state index < -0.39 is 0 Å². The van der Waals surface area contributed by atoms with E-state index in [1.54, 1.807) is 11.3 Å². The number of rotatable bonds is 0. The average Bonchev–Trinajstić information content (AvgIpc) is 2.44. The summed E-state index contributed by atoms with van der Waals surface area (Å²) in [6, 6.07) is 0. The molecule has 0 saturated carbocycles. The predicted molar refractivity (Wildman–Crippen MR) is 43.5 cm³/mol. The molecule has 1 aliphatic heterocycles. The van der Waals surface area contributed by atoms with Gasteiger partial charge >= 0.3 is 0 Å². The maximum Gasteiger partial charge on any atom is 0.230 e. The monoisotopic (exact) mass is 150 g/mol. The third kappa shape index (κ3) is 0.656. The number of aromatic nitrogens is 1. The van der Waals surface area contributed by atoms with E-state index >= 15 is 0 Å². The van der Waals surface area contributed by atoms with Gasteiger partial charge < -0.3 is 0 Å². The van der Waals surface area contributed by atoms with Crippen molar-refractivity contribution in [3.8, 4) is 0 Å². The lowest BCUT2D eigenvalue weighted by molar-refractivity contribution is -0.561. The van der Waals surface area contributed by atoms with Crippen molar-refractivity contribution in [3.63, 3.8) is 0 Å². The zero-order chi connectivity index (χ0) is 6.97. The molecule has 0 bridgehead atoms. The molecule has 0 N–H and O–H groups in total. The summed E-state index contributed by atoms with van der Waals surface area (Å²) in [6.07, 6.45) is 6.34. The molecule has 0 unspecified atom stereocenters. The van der Waals surface area contributed by atoms with Gasteiger partial charge in [0.15, 0.2) is 6.20 Å². The minimum absolute atomic E-state index is 1.31. The Morgan fingerprint density at radius 3 is 3.30 bits per heavy atom. The highest BCUT2D eigenvalue weighted by Crippen LogP contribution is 2.18. The number of allylic oxidation sites excluding steroid dienone is 3. The summed E-state index contributed by atoms with van der Waals surface area (Å²) in [5.41, 5.74) is 4.73. The second-order valence-corrected chi connectivity index (χ2v) is 2.93. The van der Waals surface area contributed by atoms with Gasteiger partial charge in [-0.25, -0.2) is 0 Å². The van der Waals surface area contributed by atoms with Crippen LogP contribution in [0.2, 0.25) is 0 Å². The highest BCUT2D eigenvalue weighted by atomic mass is 32.1. The molecule has 0 atom stereocenters. The van der Waals surface area contributed by atoms with Crippen LogP contribution in [0.1, 0.15) is 12.6 Å². The van der Waals surface area contributed by atoms with Crippen LogP contribution in [0.4, 0.5) is 0 Å². The Morgan fingerprint density at radius 2 is 2.50 bits per heavy atom. The molecule has 2 heteroatoms. The fourth-order valence-electron chi connectivity index (χ4n) is 1.10. The van der Waals surface area contributed by atoms with Gasteiger partial charge in [0.05, 0.1) is 5.38 Å². The standard InChI is InChI=1S/C8H8NS/c1-2-7-3-4-9-6-10-5-8(7)9/h2-6H,1H3/q+1/b7-2-. The highest BCUT2D eigenvalue weighted by Gasteiger charge is 2.18. The maximum absolute atomic E-state index is 2.16. The van der Waals surface area contributed by atoms with Gasteiger partial charge in [0, 0.05) is 11.6 Å². The quantitative estimate of drug-likeness (QED) is 0.497. The van der Waals surface area contributed by atoms with Crippen molar-refractivity contribution in [3.05, 3.63) is 28.7 Å². The molecule has 10 heavy (non-hydrogen) atoms. The molecule has 50 valence electrons. The first kappa shape index (κ1) is 5.86. The first-order valence-corrected chi connectivity index (χ1v) is 4.18. The predicted octanol–water partition coefficient (Wildman–Crippen LogP) is 1.92. The van der Waals surface area contributed by atoms with E-state index in [-0.39, 0.29) is 0 Å². The van der Waals surface area contributed by atoms with E-state index in [1.165, 1.54) is 11.3 Å². The van der Waals surface area contributed by atoms with Crippen molar-refractivity contribution in [1.29, 1.82) is 0 Å². The Hall–Kier alpha value is -0.890. The maximum atomic E-state index is 2.16. The zero-order valence-electron chi connectivity index (χ0n) is 5.74. The summed E-state index contributed by atoms with van der Waals surface area (Å²) in [7, 11) is 0. The van der Waals surface area contributed by atoms with Crippen LogP contribution >= 0.6 is 11.3 Å². The molecule has 0 saturated heterocycles. The Labute approximate surface area is 63.9 Å². The van der Waals surface area contributed by atoms with Gasteiger partial charge in [-0.15, -0.1) is 0 Å². The lowest BCUT2D eigenvalue weighted by Gasteiger charge is -1.81. The molecular weight excluding hydrogens is 142 g/mol. The largest absolute Gasteiger partial charge is 0.230 e. The lowest BCUT2D eigenvalue weighted by atomic mass is 10.2. The van der Waals surface area contributed by atoms with E-state index in [1.807, 2.05) is 0 Å².